The van der Waals surface area contributed by atoms with Crippen molar-refractivity contribution in [2.24, 2.45) is 5.92 Å². The van der Waals surface area contributed by atoms with E-state index in [9.17, 15) is 14.0 Å². The van der Waals surface area contributed by atoms with E-state index in [1.807, 2.05) is 0 Å². The molecule has 1 aliphatic carbocycles. The van der Waals surface area contributed by atoms with E-state index in [1.165, 1.54) is 18.2 Å². The number of ketones is 1. The van der Waals surface area contributed by atoms with Crippen LogP contribution in [0.3, 0.4) is 0 Å². The number of halogens is 1. The molecule has 0 spiro atoms. The summed E-state index contributed by atoms with van der Waals surface area (Å²) >= 11 is 0. The van der Waals surface area contributed by atoms with Crippen molar-refractivity contribution in [2.75, 3.05) is 0 Å². The van der Waals surface area contributed by atoms with Crippen LogP contribution in [-0.2, 0) is 4.79 Å². The molecule has 1 fully saturated rings. The third-order valence-electron chi connectivity index (χ3n) is 4.28. The second-order valence-corrected chi connectivity index (χ2v) is 5.89. The fourth-order valence-electron chi connectivity index (χ4n) is 3.00. The zero-order valence-corrected chi connectivity index (χ0v) is 12.9. The number of rotatable bonds is 5. The standard InChI is InChI=1S/C19H17FO4/c20-16-7-3-1-5-14(16)18(21)15-6-2-4-8-17(15)24-13-10-9-12(11-13)19(22)23/h1-8,12-13H,9-11H2,(H,22,23). The van der Waals surface area contributed by atoms with Gasteiger partial charge in [-0.15, -0.1) is 0 Å². The van der Waals surface area contributed by atoms with Gasteiger partial charge in [-0.3, -0.25) is 9.59 Å². The van der Waals surface area contributed by atoms with Gasteiger partial charge in [-0.25, -0.2) is 4.39 Å². The van der Waals surface area contributed by atoms with Crippen LogP contribution in [0, 0.1) is 11.7 Å². The molecule has 2 atom stereocenters. The average Bonchev–Trinajstić information content (AvgIpc) is 3.04. The third kappa shape index (κ3) is 3.30. The molecular weight excluding hydrogens is 311 g/mol. The maximum Gasteiger partial charge on any atom is 0.306 e. The van der Waals surface area contributed by atoms with E-state index in [4.69, 9.17) is 9.84 Å². The molecule has 0 saturated heterocycles. The Balaban J connectivity index is 1.83. The number of aliphatic carboxylic acids is 1. The number of hydrogen-bond donors (Lipinski definition) is 1. The van der Waals surface area contributed by atoms with Gasteiger partial charge in [-0.05, 0) is 43.5 Å². The van der Waals surface area contributed by atoms with Crippen molar-refractivity contribution >= 4 is 11.8 Å². The van der Waals surface area contributed by atoms with Gasteiger partial charge >= 0.3 is 5.97 Å². The van der Waals surface area contributed by atoms with E-state index in [0.29, 0.717) is 25.0 Å². The maximum atomic E-state index is 13.9. The van der Waals surface area contributed by atoms with Crippen molar-refractivity contribution in [1.29, 1.82) is 0 Å². The van der Waals surface area contributed by atoms with Crippen LogP contribution in [0.1, 0.15) is 35.2 Å². The normalized spacial score (nSPS) is 19.9. The third-order valence-corrected chi connectivity index (χ3v) is 4.28. The zero-order chi connectivity index (χ0) is 17.1. The van der Waals surface area contributed by atoms with Crippen molar-refractivity contribution in [3.05, 3.63) is 65.5 Å². The number of carbonyl (C=O) groups excluding carboxylic acids is 1. The van der Waals surface area contributed by atoms with Crippen molar-refractivity contribution in [3.63, 3.8) is 0 Å². The summed E-state index contributed by atoms with van der Waals surface area (Å²) in [5, 5.41) is 9.07. The Bertz CT molecular complexity index is 771. The predicted octanol–water partition coefficient (Wildman–Crippen LogP) is 3.69. The molecule has 3 rings (SSSR count). The molecule has 2 unspecified atom stereocenters. The lowest BCUT2D eigenvalue weighted by atomic mass is 10.0. The minimum absolute atomic E-state index is 0.0108. The molecule has 2 aromatic rings. The molecule has 1 saturated carbocycles. The molecule has 124 valence electrons. The van der Waals surface area contributed by atoms with Crippen LogP contribution in [-0.4, -0.2) is 23.0 Å². The van der Waals surface area contributed by atoms with Crippen LogP contribution >= 0.6 is 0 Å². The summed E-state index contributed by atoms with van der Waals surface area (Å²) in [7, 11) is 0. The van der Waals surface area contributed by atoms with E-state index in [-0.39, 0.29) is 17.2 Å². The Morgan fingerprint density at radius 3 is 2.33 bits per heavy atom. The summed E-state index contributed by atoms with van der Waals surface area (Å²) < 4.78 is 19.7. The highest BCUT2D eigenvalue weighted by Crippen LogP contribution is 2.31. The van der Waals surface area contributed by atoms with Gasteiger partial charge < -0.3 is 9.84 Å². The summed E-state index contributed by atoms with van der Waals surface area (Å²) in [5.74, 6) is -1.90. The van der Waals surface area contributed by atoms with E-state index in [1.54, 1.807) is 30.3 Å². The first-order chi connectivity index (χ1) is 11.6. The Labute approximate surface area is 138 Å². The lowest BCUT2D eigenvalue weighted by Crippen LogP contribution is -2.17. The number of benzene rings is 2. The quantitative estimate of drug-likeness (QED) is 0.850. The van der Waals surface area contributed by atoms with Crippen LogP contribution in [0.25, 0.3) is 0 Å². The molecule has 2 aromatic carbocycles. The summed E-state index contributed by atoms with van der Waals surface area (Å²) in [4.78, 5) is 23.7. The molecule has 0 radical (unpaired) electrons. The Hall–Kier alpha value is -2.69. The fourth-order valence-corrected chi connectivity index (χ4v) is 3.00. The van der Waals surface area contributed by atoms with Gasteiger partial charge in [0.2, 0.25) is 0 Å². The van der Waals surface area contributed by atoms with Crippen LogP contribution in [0.15, 0.2) is 48.5 Å². The van der Waals surface area contributed by atoms with E-state index >= 15 is 0 Å². The number of para-hydroxylation sites is 1. The van der Waals surface area contributed by atoms with Crippen molar-refractivity contribution in [3.8, 4) is 5.75 Å². The summed E-state index contributed by atoms with van der Waals surface area (Å²) in [6.45, 7) is 0. The lowest BCUT2D eigenvalue weighted by molar-refractivity contribution is -0.141. The Morgan fingerprint density at radius 2 is 1.67 bits per heavy atom. The van der Waals surface area contributed by atoms with Crippen LogP contribution < -0.4 is 4.74 Å². The van der Waals surface area contributed by atoms with Crippen LogP contribution in [0.4, 0.5) is 4.39 Å². The summed E-state index contributed by atoms with van der Waals surface area (Å²) in [6.07, 6.45) is 1.35. The first-order valence-electron chi connectivity index (χ1n) is 7.84. The SMILES string of the molecule is O=C(c1ccccc1F)c1ccccc1OC1CCC(C(=O)O)C1. The number of ether oxygens (including phenoxy) is 1. The fraction of sp³-hybridized carbons (Fsp3) is 0.263. The Morgan fingerprint density at radius 1 is 1.00 bits per heavy atom. The van der Waals surface area contributed by atoms with Crippen molar-refractivity contribution in [1.82, 2.24) is 0 Å². The van der Waals surface area contributed by atoms with Gasteiger partial charge in [-0.2, -0.15) is 0 Å². The first kappa shape index (κ1) is 16.2. The maximum absolute atomic E-state index is 13.9. The van der Waals surface area contributed by atoms with Crippen molar-refractivity contribution < 1.29 is 23.8 Å². The molecule has 0 aliphatic heterocycles. The second-order valence-electron chi connectivity index (χ2n) is 5.89. The van der Waals surface area contributed by atoms with E-state index in [0.717, 1.165) is 0 Å². The summed E-state index contributed by atoms with van der Waals surface area (Å²) in [5.41, 5.74) is 0.268. The molecule has 1 N–H and O–H groups in total. The van der Waals surface area contributed by atoms with Gasteiger partial charge in [0.15, 0.2) is 5.78 Å². The largest absolute Gasteiger partial charge is 0.490 e. The minimum Gasteiger partial charge on any atom is -0.490 e. The molecule has 5 heteroatoms. The Kier molecular flexibility index (Phi) is 4.60. The zero-order valence-electron chi connectivity index (χ0n) is 12.9. The topological polar surface area (TPSA) is 63.6 Å². The number of carboxylic acid groups (broad SMARTS) is 1. The van der Waals surface area contributed by atoms with E-state index < -0.39 is 23.5 Å². The smallest absolute Gasteiger partial charge is 0.306 e. The van der Waals surface area contributed by atoms with Gasteiger partial charge in [0.05, 0.1) is 23.1 Å². The molecular formula is C19H17FO4. The van der Waals surface area contributed by atoms with E-state index in [2.05, 4.69) is 0 Å². The highest BCUT2D eigenvalue weighted by Gasteiger charge is 2.31. The highest BCUT2D eigenvalue weighted by atomic mass is 19.1. The molecule has 0 amide bonds. The molecule has 24 heavy (non-hydrogen) atoms. The lowest BCUT2D eigenvalue weighted by Gasteiger charge is -2.16. The van der Waals surface area contributed by atoms with Crippen LogP contribution in [0.5, 0.6) is 5.75 Å². The molecule has 0 heterocycles. The van der Waals surface area contributed by atoms with Gasteiger partial charge in [-0.1, -0.05) is 24.3 Å². The monoisotopic (exact) mass is 328 g/mol. The number of carboxylic acids is 1. The molecule has 4 nitrogen and oxygen atoms in total. The first-order valence-corrected chi connectivity index (χ1v) is 7.84. The number of hydrogen-bond acceptors (Lipinski definition) is 3. The molecule has 1 aliphatic rings. The second kappa shape index (κ2) is 6.83. The van der Waals surface area contributed by atoms with Gasteiger partial charge in [0.25, 0.3) is 0 Å². The minimum atomic E-state index is -0.822. The summed E-state index contributed by atoms with van der Waals surface area (Å²) in [6, 6.07) is 12.5. The van der Waals surface area contributed by atoms with Crippen LogP contribution in [0.2, 0.25) is 0 Å². The van der Waals surface area contributed by atoms with Crippen molar-refractivity contribution in [2.45, 2.75) is 25.4 Å². The van der Waals surface area contributed by atoms with Gasteiger partial charge in [0, 0.05) is 0 Å². The van der Waals surface area contributed by atoms with Gasteiger partial charge in [0.1, 0.15) is 11.6 Å². The highest BCUT2D eigenvalue weighted by molar-refractivity contribution is 6.10. The average molecular weight is 328 g/mol. The predicted molar refractivity (Wildman–Crippen MR) is 85.7 cm³/mol. The molecule has 0 bridgehead atoms. The molecule has 0 aromatic heterocycles. The number of carbonyl (C=O) groups is 2.